The number of carbonyl (C=O) groups is 2. The van der Waals surface area contributed by atoms with Gasteiger partial charge in [-0.1, -0.05) is 0 Å². The predicted molar refractivity (Wildman–Crippen MR) is 46.3 cm³/mol. The van der Waals surface area contributed by atoms with Crippen LogP contribution in [0.1, 0.15) is 12.8 Å². The molecule has 0 bridgehead atoms. The van der Waals surface area contributed by atoms with Gasteiger partial charge in [-0.2, -0.15) is 0 Å². The number of aliphatic carboxylic acids is 1. The van der Waals surface area contributed by atoms with Crippen molar-refractivity contribution in [1.29, 1.82) is 0 Å². The quantitative estimate of drug-likeness (QED) is 0.610. The smallest absolute Gasteiger partial charge is 0.322 e. The summed E-state index contributed by atoms with van der Waals surface area (Å²) in [6.07, 6.45) is 1.82. The first-order valence-corrected chi connectivity index (χ1v) is 4.31. The highest BCUT2D eigenvalue weighted by Crippen LogP contribution is 2.14. The molecule has 1 aliphatic heterocycles. The molecule has 13 heavy (non-hydrogen) atoms. The maximum Gasteiger partial charge on any atom is 0.322 e. The molecule has 0 aliphatic carbocycles. The molecule has 74 valence electrons. The Kier molecular flexibility index (Phi) is 3.25. The number of likely N-dealkylation sites (tertiary alicyclic amines) is 1. The first-order valence-electron chi connectivity index (χ1n) is 4.31. The zero-order valence-corrected chi connectivity index (χ0v) is 7.62. The summed E-state index contributed by atoms with van der Waals surface area (Å²) < 4.78 is 0. The minimum atomic E-state index is -1.01. The molecule has 1 fully saturated rings. The molecular weight excluding hydrogens is 172 g/mol. The molecule has 1 aliphatic rings. The van der Waals surface area contributed by atoms with Gasteiger partial charge >= 0.3 is 5.97 Å². The molecule has 0 saturated carbocycles. The summed E-state index contributed by atoms with van der Waals surface area (Å²) in [5.74, 6) is -1.18. The van der Waals surface area contributed by atoms with Crippen molar-refractivity contribution in [3.8, 4) is 0 Å². The normalized spacial score (nSPS) is 23.0. The molecule has 0 aromatic rings. The van der Waals surface area contributed by atoms with Gasteiger partial charge in [-0.3, -0.25) is 14.5 Å². The number of carbonyl (C=O) groups excluding carboxylic acids is 1. The zero-order valence-electron chi connectivity index (χ0n) is 7.62. The van der Waals surface area contributed by atoms with Crippen LogP contribution in [0, 0.1) is 0 Å². The lowest BCUT2D eigenvalue weighted by atomic mass is 10.2. The van der Waals surface area contributed by atoms with Gasteiger partial charge in [-0.15, -0.1) is 0 Å². The van der Waals surface area contributed by atoms with Crippen molar-refractivity contribution in [3.05, 3.63) is 0 Å². The van der Waals surface area contributed by atoms with Crippen LogP contribution in [0.2, 0.25) is 0 Å². The molecule has 0 radical (unpaired) electrons. The number of likely N-dealkylation sites (N-methyl/N-ethyl adjacent to an activating group) is 1. The fraction of sp³-hybridized carbons (Fsp3) is 0.750. The average Bonchev–Trinajstić information content (AvgIpc) is 2.47. The van der Waals surface area contributed by atoms with E-state index in [1.54, 1.807) is 0 Å². The maximum atomic E-state index is 11.3. The number of carboxylic acids is 1. The molecule has 0 aromatic heterocycles. The predicted octanol–water partition coefficient (Wildman–Crippen LogP) is -0.719. The number of amides is 1. The van der Waals surface area contributed by atoms with E-state index >= 15 is 0 Å². The Morgan fingerprint density at radius 1 is 1.62 bits per heavy atom. The van der Waals surface area contributed by atoms with E-state index in [4.69, 9.17) is 5.11 Å². The average molecular weight is 186 g/mol. The number of nitrogens with one attached hydrogen (secondary N) is 1. The van der Waals surface area contributed by atoms with E-state index in [0.717, 1.165) is 19.4 Å². The van der Waals surface area contributed by atoms with Crippen LogP contribution >= 0.6 is 0 Å². The summed E-state index contributed by atoms with van der Waals surface area (Å²) in [6, 6.07) is -0.139. The summed E-state index contributed by atoms with van der Waals surface area (Å²) in [6.45, 7) is 0.619. The van der Waals surface area contributed by atoms with Crippen LogP contribution in [0.5, 0.6) is 0 Å². The second kappa shape index (κ2) is 4.23. The van der Waals surface area contributed by atoms with Gasteiger partial charge in [0.25, 0.3) is 0 Å². The van der Waals surface area contributed by atoms with Crippen LogP contribution in [-0.4, -0.2) is 48.1 Å². The second-order valence-corrected chi connectivity index (χ2v) is 3.25. The van der Waals surface area contributed by atoms with Crippen molar-refractivity contribution in [2.24, 2.45) is 0 Å². The van der Waals surface area contributed by atoms with E-state index < -0.39 is 5.97 Å². The van der Waals surface area contributed by atoms with Crippen LogP contribution in [-0.2, 0) is 9.59 Å². The molecule has 2 N–H and O–H groups in total. The topological polar surface area (TPSA) is 69.6 Å². The molecule has 1 atom stereocenters. The van der Waals surface area contributed by atoms with Crippen molar-refractivity contribution in [3.63, 3.8) is 0 Å². The monoisotopic (exact) mass is 186 g/mol. The van der Waals surface area contributed by atoms with Crippen molar-refractivity contribution in [1.82, 2.24) is 10.2 Å². The number of hydrogen-bond acceptors (Lipinski definition) is 3. The van der Waals surface area contributed by atoms with E-state index in [1.165, 1.54) is 0 Å². The van der Waals surface area contributed by atoms with E-state index in [1.807, 2.05) is 11.9 Å². The van der Waals surface area contributed by atoms with E-state index in [0.29, 0.717) is 0 Å². The Labute approximate surface area is 76.7 Å². The first-order chi connectivity index (χ1) is 6.11. The van der Waals surface area contributed by atoms with Crippen LogP contribution < -0.4 is 5.32 Å². The van der Waals surface area contributed by atoms with Gasteiger partial charge < -0.3 is 10.4 Å². The zero-order chi connectivity index (χ0) is 9.84. The Balaban J connectivity index is 2.34. The van der Waals surface area contributed by atoms with Crippen molar-refractivity contribution in [2.45, 2.75) is 18.9 Å². The van der Waals surface area contributed by atoms with Gasteiger partial charge in [0.15, 0.2) is 0 Å². The van der Waals surface area contributed by atoms with Crippen LogP contribution in [0.25, 0.3) is 0 Å². The van der Waals surface area contributed by atoms with Crippen molar-refractivity contribution < 1.29 is 14.7 Å². The third-order valence-electron chi connectivity index (χ3n) is 2.24. The SMILES string of the molecule is CN1CCC[C@H]1C(=O)NCC(=O)O. The minimum absolute atomic E-state index is 0.139. The van der Waals surface area contributed by atoms with Crippen LogP contribution in [0.3, 0.4) is 0 Å². The standard InChI is InChI=1S/C8H14N2O3/c1-10-4-2-3-6(10)8(13)9-5-7(11)12/h6H,2-5H2,1H3,(H,9,13)(H,11,12)/t6-/m0/s1. The van der Waals surface area contributed by atoms with Crippen molar-refractivity contribution >= 4 is 11.9 Å². The Bertz CT molecular complexity index is 217. The Hall–Kier alpha value is -1.10. The molecule has 5 nitrogen and oxygen atoms in total. The largest absolute Gasteiger partial charge is 0.480 e. The Morgan fingerprint density at radius 3 is 2.77 bits per heavy atom. The molecule has 1 amide bonds. The van der Waals surface area contributed by atoms with Crippen LogP contribution in [0.15, 0.2) is 0 Å². The molecule has 0 spiro atoms. The fourth-order valence-electron chi connectivity index (χ4n) is 1.52. The van der Waals surface area contributed by atoms with Gasteiger partial charge in [0.1, 0.15) is 6.54 Å². The van der Waals surface area contributed by atoms with Gasteiger partial charge in [-0.05, 0) is 26.4 Å². The molecule has 0 aromatic carbocycles. The second-order valence-electron chi connectivity index (χ2n) is 3.25. The molecule has 1 rings (SSSR count). The number of carboxylic acid groups (broad SMARTS) is 1. The molecule has 5 heteroatoms. The van der Waals surface area contributed by atoms with Crippen molar-refractivity contribution in [2.75, 3.05) is 20.1 Å². The lowest BCUT2D eigenvalue weighted by Crippen LogP contribution is -2.43. The van der Waals surface area contributed by atoms with Crippen LogP contribution in [0.4, 0.5) is 0 Å². The highest BCUT2D eigenvalue weighted by atomic mass is 16.4. The van der Waals surface area contributed by atoms with Gasteiger partial charge in [-0.25, -0.2) is 0 Å². The van der Waals surface area contributed by atoms with Gasteiger partial charge in [0.2, 0.25) is 5.91 Å². The highest BCUT2D eigenvalue weighted by Gasteiger charge is 2.27. The molecule has 0 unspecified atom stereocenters. The Morgan fingerprint density at radius 2 is 2.31 bits per heavy atom. The summed E-state index contributed by atoms with van der Waals surface area (Å²) in [7, 11) is 1.87. The van der Waals surface area contributed by atoms with E-state index in [2.05, 4.69) is 5.32 Å². The third kappa shape index (κ3) is 2.69. The van der Waals surface area contributed by atoms with Gasteiger partial charge in [0.05, 0.1) is 6.04 Å². The molecular formula is C8H14N2O3. The summed E-state index contributed by atoms with van der Waals surface area (Å²) in [4.78, 5) is 23.5. The maximum absolute atomic E-state index is 11.3. The third-order valence-corrected chi connectivity index (χ3v) is 2.24. The fourth-order valence-corrected chi connectivity index (χ4v) is 1.52. The molecule has 1 saturated heterocycles. The van der Waals surface area contributed by atoms with E-state index in [-0.39, 0.29) is 18.5 Å². The number of nitrogens with zero attached hydrogens (tertiary/aromatic N) is 1. The number of hydrogen-bond donors (Lipinski definition) is 2. The van der Waals surface area contributed by atoms with Gasteiger partial charge in [0, 0.05) is 0 Å². The number of rotatable bonds is 3. The minimum Gasteiger partial charge on any atom is -0.480 e. The lowest BCUT2D eigenvalue weighted by Gasteiger charge is -2.17. The lowest BCUT2D eigenvalue weighted by molar-refractivity contribution is -0.138. The first kappa shape index (κ1) is 9.98. The summed E-state index contributed by atoms with van der Waals surface area (Å²) >= 11 is 0. The summed E-state index contributed by atoms with van der Waals surface area (Å²) in [5.41, 5.74) is 0. The highest BCUT2D eigenvalue weighted by molar-refractivity contribution is 5.85. The van der Waals surface area contributed by atoms with E-state index in [9.17, 15) is 9.59 Å². The molecule has 1 heterocycles. The summed E-state index contributed by atoms with van der Waals surface area (Å²) in [5, 5.41) is 10.7.